The molecule has 0 N–H and O–H groups in total. The molecule has 5 nitrogen and oxygen atoms in total. The molecule has 0 aromatic carbocycles. The fraction of sp³-hybridized carbons (Fsp3) is 0.765. The number of hydrogen-bond acceptors (Lipinski definition) is 3. The van der Waals surface area contributed by atoms with Crippen LogP contribution in [0.25, 0.3) is 0 Å². The molecule has 1 aromatic rings. The summed E-state index contributed by atoms with van der Waals surface area (Å²) in [6.45, 7) is 8.60. The molecule has 22 heavy (non-hydrogen) atoms. The molecule has 1 aliphatic heterocycles. The number of aryl methyl sites for hydroxylation is 1. The summed E-state index contributed by atoms with van der Waals surface area (Å²) in [6, 6.07) is 2.29. The molecule has 0 bridgehead atoms. The van der Waals surface area contributed by atoms with Crippen LogP contribution in [0.5, 0.6) is 0 Å². The third-order valence-corrected chi connectivity index (χ3v) is 5.04. The Balaban J connectivity index is 1.73. The zero-order valence-corrected chi connectivity index (χ0v) is 14.0. The lowest BCUT2D eigenvalue weighted by atomic mass is 10.0. The predicted molar refractivity (Wildman–Crippen MR) is 86.7 cm³/mol. The Labute approximate surface area is 133 Å². The lowest BCUT2D eigenvalue weighted by Gasteiger charge is -2.34. The summed E-state index contributed by atoms with van der Waals surface area (Å²) in [5, 5.41) is 4.13. The van der Waals surface area contributed by atoms with Crippen LogP contribution in [0, 0.1) is 11.8 Å². The van der Waals surface area contributed by atoms with Crippen LogP contribution in [-0.4, -0.2) is 57.7 Å². The molecule has 2 fully saturated rings. The van der Waals surface area contributed by atoms with Crippen LogP contribution in [0.1, 0.15) is 43.6 Å². The van der Waals surface area contributed by atoms with E-state index in [0.717, 1.165) is 32.0 Å². The van der Waals surface area contributed by atoms with Gasteiger partial charge in [-0.3, -0.25) is 14.4 Å². The number of nitrogens with zero attached hydrogens (tertiary/aromatic N) is 4. The highest BCUT2D eigenvalue weighted by Crippen LogP contribution is 2.32. The molecule has 0 unspecified atom stereocenters. The standard InChI is InChI=1S/C17H28N4O/c1-13(2)16-12-21(17(22)15-7-8-18-19(15)3)10-4-9-20(16)11-14-5-6-14/h7-8,13-14,16H,4-6,9-12H2,1-3H3/t16-/m0/s1. The molecule has 5 heteroatoms. The van der Waals surface area contributed by atoms with Gasteiger partial charge in [0.25, 0.3) is 5.91 Å². The number of amides is 1. The van der Waals surface area contributed by atoms with Crippen molar-refractivity contribution in [3.05, 3.63) is 18.0 Å². The van der Waals surface area contributed by atoms with Crippen LogP contribution in [0.4, 0.5) is 0 Å². The summed E-state index contributed by atoms with van der Waals surface area (Å²) in [5.74, 6) is 1.60. The lowest BCUT2D eigenvalue weighted by molar-refractivity contribution is 0.0693. The van der Waals surface area contributed by atoms with Gasteiger partial charge in [-0.05, 0) is 37.2 Å². The van der Waals surface area contributed by atoms with Crippen molar-refractivity contribution in [2.75, 3.05) is 26.2 Å². The van der Waals surface area contributed by atoms with Gasteiger partial charge in [-0.2, -0.15) is 5.10 Å². The highest BCUT2D eigenvalue weighted by atomic mass is 16.2. The zero-order chi connectivity index (χ0) is 15.7. The summed E-state index contributed by atoms with van der Waals surface area (Å²) in [5.41, 5.74) is 0.693. The van der Waals surface area contributed by atoms with Gasteiger partial charge in [0, 0.05) is 45.5 Å². The van der Waals surface area contributed by atoms with Crippen molar-refractivity contribution in [1.29, 1.82) is 0 Å². The van der Waals surface area contributed by atoms with E-state index >= 15 is 0 Å². The molecule has 122 valence electrons. The van der Waals surface area contributed by atoms with Crippen molar-refractivity contribution < 1.29 is 4.79 Å². The van der Waals surface area contributed by atoms with E-state index < -0.39 is 0 Å². The van der Waals surface area contributed by atoms with Crippen LogP contribution in [0.3, 0.4) is 0 Å². The lowest BCUT2D eigenvalue weighted by Crippen LogP contribution is -2.46. The number of aromatic nitrogens is 2. The van der Waals surface area contributed by atoms with Gasteiger partial charge in [-0.1, -0.05) is 13.8 Å². The second-order valence-corrected chi connectivity index (χ2v) is 7.19. The van der Waals surface area contributed by atoms with Gasteiger partial charge < -0.3 is 4.90 Å². The fourth-order valence-electron chi connectivity index (χ4n) is 3.48. The first-order valence-electron chi connectivity index (χ1n) is 8.57. The van der Waals surface area contributed by atoms with Crippen LogP contribution < -0.4 is 0 Å². The van der Waals surface area contributed by atoms with E-state index in [0.29, 0.717) is 17.7 Å². The molecular weight excluding hydrogens is 276 g/mol. The third-order valence-electron chi connectivity index (χ3n) is 5.04. The maximum Gasteiger partial charge on any atom is 0.272 e. The maximum absolute atomic E-state index is 12.8. The highest BCUT2D eigenvalue weighted by molar-refractivity contribution is 5.92. The summed E-state index contributed by atoms with van der Waals surface area (Å²) >= 11 is 0. The van der Waals surface area contributed by atoms with E-state index in [4.69, 9.17) is 0 Å². The quantitative estimate of drug-likeness (QED) is 0.854. The van der Waals surface area contributed by atoms with E-state index in [9.17, 15) is 4.79 Å². The van der Waals surface area contributed by atoms with E-state index in [2.05, 4.69) is 23.8 Å². The van der Waals surface area contributed by atoms with Crippen molar-refractivity contribution in [2.24, 2.45) is 18.9 Å². The smallest absolute Gasteiger partial charge is 0.272 e. The molecule has 1 atom stereocenters. The number of carbonyl (C=O) groups is 1. The van der Waals surface area contributed by atoms with Crippen molar-refractivity contribution in [3.63, 3.8) is 0 Å². The fourth-order valence-corrected chi connectivity index (χ4v) is 3.48. The molecule has 2 aliphatic rings. The largest absolute Gasteiger partial charge is 0.336 e. The van der Waals surface area contributed by atoms with Crippen molar-refractivity contribution in [2.45, 2.75) is 39.2 Å². The Bertz CT molecular complexity index is 520. The molecule has 1 amide bonds. The highest BCUT2D eigenvalue weighted by Gasteiger charge is 2.33. The number of hydrogen-bond donors (Lipinski definition) is 0. The number of carbonyl (C=O) groups excluding carboxylic acids is 1. The Kier molecular flexibility index (Phi) is 4.52. The van der Waals surface area contributed by atoms with Crippen LogP contribution in [-0.2, 0) is 7.05 Å². The van der Waals surface area contributed by atoms with Gasteiger partial charge in [-0.15, -0.1) is 0 Å². The Morgan fingerprint density at radius 3 is 2.73 bits per heavy atom. The van der Waals surface area contributed by atoms with Crippen LogP contribution >= 0.6 is 0 Å². The normalized spacial score (nSPS) is 23.8. The molecule has 1 aliphatic carbocycles. The first kappa shape index (κ1) is 15.5. The molecule has 3 rings (SSSR count). The van der Waals surface area contributed by atoms with Gasteiger partial charge in [0.2, 0.25) is 0 Å². The molecule has 1 aromatic heterocycles. The van der Waals surface area contributed by atoms with E-state index in [1.54, 1.807) is 10.9 Å². The summed E-state index contributed by atoms with van der Waals surface area (Å²) in [6.07, 6.45) is 5.54. The monoisotopic (exact) mass is 304 g/mol. The maximum atomic E-state index is 12.8. The van der Waals surface area contributed by atoms with E-state index in [1.807, 2.05) is 18.0 Å². The Morgan fingerprint density at radius 1 is 1.36 bits per heavy atom. The predicted octanol–water partition coefficient (Wildman–Crippen LogP) is 2.00. The van der Waals surface area contributed by atoms with Gasteiger partial charge in [0.1, 0.15) is 5.69 Å². The Morgan fingerprint density at radius 2 is 2.14 bits per heavy atom. The zero-order valence-electron chi connectivity index (χ0n) is 14.0. The molecule has 2 heterocycles. The van der Waals surface area contributed by atoms with Gasteiger partial charge in [-0.25, -0.2) is 0 Å². The second kappa shape index (κ2) is 6.41. The summed E-state index contributed by atoms with van der Waals surface area (Å²) in [7, 11) is 1.84. The minimum absolute atomic E-state index is 0.124. The minimum atomic E-state index is 0.124. The van der Waals surface area contributed by atoms with Gasteiger partial charge >= 0.3 is 0 Å². The molecule has 1 saturated carbocycles. The molecule has 0 spiro atoms. The topological polar surface area (TPSA) is 41.4 Å². The first-order chi connectivity index (χ1) is 10.6. The second-order valence-electron chi connectivity index (χ2n) is 7.19. The number of rotatable bonds is 4. The van der Waals surface area contributed by atoms with Gasteiger partial charge in [0.15, 0.2) is 0 Å². The summed E-state index contributed by atoms with van der Waals surface area (Å²) < 4.78 is 1.68. The van der Waals surface area contributed by atoms with Crippen molar-refractivity contribution >= 4 is 5.91 Å². The molecule has 0 radical (unpaired) electrons. The Hall–Kier alpha value is -1.36. The SMILES string of the molecule is CC(C)[C@@H]1CN(C(=O)c2ccnn2C)CCCN1CC1CC1. The third kappa shape index (κ3) is 3.35. The van der Waals surface area contributed by atoms with Crippen molar-refractivity contribution in [1.82, 2.24) is 19.6 Å². The summed E-state index contributed by atoms with van der Waals surface area (Å²) in [4.78, 5) is 17.5. The van der Waals surface area contributed by atoms with Gasteiger partial charge in [0.05, 0.1) is 0 Å². The average Bonchev–Trinajstić information content (AvgIpc) is 3.23. The van der Waals surface area contributed by atoms with E-state index in [1.165, 1.54) is 19.4 Å². The average molecular weight is 304 g/mol. The first-order valence-corrected chi connectivity index (χ1v) is 8.57. The van der Waals surface area contributed by atoms with Crippen LogP contribution in [0.2, 0.25) is 0 Å². The molecular formula is C17H28N4O. The molecule has 1 saturated heterocycles. The van der Waals surface area contributed by atoms with Crippen molar-refractivity contribution in [3.8, 4) is 0 Å². The van der Waals surface area contributed by atoms with E-state index in [-0.39, 0.29) is 5.91 Å². The minimum Gasteiger partial charge on any atom is -0.336 e. The van der Waals surface area contributed by atoms with Crippen LogP contribution in [0.15, 0.2) is 12.3 Å².